The molecule has 0 amide bonds. The molecule has 0 heterocycles. The summed E-state index contributed by atoms with van der Waals surface area (Å²) in [4.78, 5) is 0. The van der Waals surface area contributed by atoms with Crippen molar-refractivity contribution >= 4 is 0 Å². The Morgan fingerprint density at radius 3 is 1.40 bits per heavy atom. The zero-order chi connectivity index (χ0) is 8.83. The maximum Gasteiger partial charge on any atom is -0.00799 e. The first-order chi connectivity index (χ1) is 4.74. The Morgan fingerprint density at radius 2 is 1.40 bits per heavy atom. The molecule has 0 atom stereocenters. The highest BCUT2D eigenvalue weighted by Crippen LogP contribution is 1.57. The van der Waals surface area contributed by atoms with E-state index in [4.69, 9.17) is 5.73 Å². The molecule has 0 saturated carbocycles. The molecule has 0 spiro atoms. The molecule has 0 saturated heterocycles. The standard InChI is InChI=1S/C3H9N.C3H8.C3H6/c1-2-3-4;2*1-3-2/h2-4H2,1H3;3H2,1-2H3;3H,1H2,2H3. The molecular weight excluding hydrogens is 122 g/mol. The summed E-state index contributed by atoms with van der Waals surface area (Å²) in [7, 11) is 0. The minimum Gasteiger partial charge on any atom is -0.330 e. The van der Waals surface area contributed by atoms with Crippen LogP contribution in [0.15, 0.2) is 12.7 Å². The molecule has 2 N–H and O–H groups in total. The van der Waals surface area contributed by atoms with Crippen LogP contribution in [0.4, 0.5) is 0 Å². The van der Waals surface area contributed by atoms with Crippen molar-refractivity contribution in [1.29, 1.82) is 0 Å². The molecule has 0 aliphatic rings. The molecule has 0 aliphatic heterocycles. The second kappa shape index (κ2) is 37.7. The lowest BCUT2D eigenvalue weighted by Crippen LogP contribution is -1.93. The van der Waals surface area contributed by atoms with E-state index in [1.54, 1.807) is 6.08 Å². The van der Waals surface area contributed by atoms with Crippen LogP contribution in [-0.4, -0.2) is 6.54 Å². The quantitative estimate of drug-likeness (QED) is 0.564. The van der Waals surface area contributed by atoms with Gasteiger partial charge >= 0.3 is 0 Å². The third-order valence-corrected chi connectivity index (χ3v) is 0.289. The van der Waals surface area contributed by atoms with Crippen molar-refractivity contribution in [2.24, 2.45) is 5.73 Å². The number of rotatable bonds is 1. The predicted molar refractivity (Wildman–Crippen MR) is 51.2 cm³/mol. The van der Waals surface area contributed by atoms with Gasteiger partial charge in [0.25, 0.3) is 0 Å². The molecule has 0 radical (unpaired) electrons. The minimum absolute atomic E-state index is 0.819. The molecule has 0 unspecified atom stereocenters. The van der Waals surface area contributed by atoms with Crippen LogP contribution in [0.25, 0.3) is 0 Å². The molecular formula is C9H23N. The molecule has 0 bridgehead atoms. The van der Waals surface area contributed by atoms with E-state index in [2.05, 4.69) is 27.4 Å². The third kappa shape index (κ3) is 705. The van der Waals surface area contributed by atoms with Gasteiger partial charge in [0.2, 0.25) is 0 Å². The summed E-state index contributed by atoms with van der Waals surface area (Å²) in [5, 5.41) is 0. The molecule has 10 heavy (non-hydrogen) atoms. The number of allylic oxidation sites excluding steroid dienone is 1. The fourth-order valence-electron chi connectivity index (χ4n) is 0. The molecule has 0 fully saturated rings. The second-order valence-electron chi connectivity index (χ2n) is 1.90. The van der Waals surface area contributed by atoms with Gasteiger partial charge in [-0.3, -0.25) is 0 Å². The van der Waals surface area contributed by atoms with Crippen molar-refractivity contribution in [2.45, 2.75) is 40.5 Å². The first kappa shape index (κ1) is 16.4. The third-order valence-electron chi connectivity index (χ3n) is 0.289. The fraction of sp³-hybridized carbons (Fsp3) is 0.778. The molecule has 0 aromatic rings. The zero-order valence-electron chi connectivity index (χ0n) is 7.98. The van der Waals surface area contributed by atoms with Crippen molar-refractivity contribution in [3.8, 4) is 0 Å². The summed E-state index contributed by atoms with van der Waals surface area (Å²) in [6.45, 7) is 12.4. The Labute approximate surface area is 66.3 Å². The van der Waals surface area contributed by atoms with Crippen LogP contribution in [-0.2, 0) is 0 Å². The number of hydrogen-bond acceptors (Lipinski definition) is 1. The van der Waals surface area contributed by atoms with Crippen LogP contribution in [0.3, 0.4) is 0 Å². The topological polar surface area (TPSA) is 26.0 Å². The van der Waals surface area contributed by atoms with Crippen molar-refractivity contribution in [2.75, 3.05) is 6.54 Å². The van der Waals surface area contributed by atoms with E-state index in [0.717, 1.165) is 13.0 Å². The molecule has 0 rings (SSSR count). The van der Waals surface area contributed by atoms with Crippen molar-refractivity contribution in [3.63, 3.8) is 0 Å². The average molecular weight is 145 g/mol. The van der Waals surface area contributed by atoms with Crippen molar-refractivity contribution in [3.05, 3.63) is 12.7 Å². The SMILES string of the molecule is C=CC.CCC.CCCN. The maximum absolute atomic E-state index is 5.03. The van der Waals surface area contributed by atoms with Gasteiger partial charge < -0.3 is 5.73 Å². The summed E-state index contributed by atoms with van der Waals surface area (Å²) in [5.74, 6) is 0. The van der Waals surface area contributed by atoms with Crippen LogP contribution in [0.2, 0.25) is 0 Å². The van der Waals surface area contributed by atoms with Crippen molar-refractivity contribution in [1.82, 2.24) is 0 Å². The molecule has 64 valence electrons. The molecule has 1 nitrogen and oxygen atoms in total. The van der Waals surface area contributed by atoms with Crippen LogP contribution in [0.1, 0.15) is 40.5 Å². The average Bonchev–Trinajstić information content (AvgIpc) is 1.91. The highest BCUT2D eigenvalue weighted by molar-refractivity contribution is 4.51. The predicted octanol–water partition coefficient (Wildman–Crippen LogP) is 2.96. The summed E-state index contributed by atoms with van der Waals surface area (Å²) < 4.78 is 0. The van der Waals surface area contributed by atoms with Crippen LogP contribution >= 0.6 is 0 Å². The smallest absolute Gasteiger partial charge is 0.00799 e. The fourth-order valence-corrected chi connectivity index (χ4v) is 0. The Balaban J connectivity index is -0.0000000750. The number of nitrogens with two attached hydrogens (primary N) is 1. The lowest BCUT2D eigenvalue weighted by molar-refractivity contribution is 0.932. The van der Waals surface area contributed by atoms with Gasteiger partial charge in [0.05, 0.1) is 0 Å². The summed E-state index contributed by atoms with van der Waals surface area (Å²) >= 11 is 0. The van der Waals surface area contributed by atoms with Crippen LogP contribution in [0.5, 0.6) is 0 Å². The summed E-state index contributed by atoms with van der Waals surface area (Å²) in [5.41, 5.74) is 5.03. The van der Waals surface area contributed by atoms with Gasteiger partial charge in [-0.05, 0) is 19.9 Å². The Bertz CT molecular complexity index is 31.7. The maximum atomic E-state index is 5.03. The second-order valence-corrected chi connectivity index (χ2v) is 1.90. The Morgan fingerprint density at radius 1 is 1.30 bits per heavy atom. The highest BCUT2D eigenvalue weighted by Gasteiger charge is 1.55. The molecule has 0 aromatic heterocycles. The largest absolute Gasteiger partial charge is 0.330 e. The molecule has 0 aliphatic carbocycles. The Kier molecular flexibility index (Phi) is 61.6. The first-order valence-electron chi connectivity index (χ1n) is 4.02. The van der Waals surface area contributed by atoms with Gasteiger partial charge in [-0.15, -0.1) is 6.58 Å². The van der Waals surface area contributed by atoms with E-state index < -0.39 is 0 Å². The first-order valence-corrected chi connectivity index (χ1v) is 4.02. The summed E-state index contributed by atoms with van der Waals surface area (Å²) in [6.07, 6.45) is 4.10. The van der Waals surface area contributed by atoms with E-state index in [0.29, 0.717) is 0 Å². The van der Waals surface area contributed by atoms with E-state index in [1.165, 1.54) is 6.42 Å². The van der Waals surface area contributed by atoms with Gasteiger partial charge in [0, 0.05) is 0 Å². The molecule has 0 aromatic carbocycles. The van der Waals surface area contributed by atoms with Gasteiger partial charge in [-0.1, -0.05) is 33.3 Å². The lowest BCUT2D eigenvalue weighted by atomic mass is 10.5. The highest BCUT2D eigenvalue weighted by atomic mass is 14.5. The minimum atomic E-state index is 0.819. The van der Waals surface area contributed by atoms with Gasteiger partial charge in [0.1, 0.15) is 0 Å². The molecule has 1 heteroatoms. The van der Waals surface area contributed by atoms with Gasteiger partial charge in [-0.2, -0.15) is 0 Å². The van der Waals surface area contributed by atoms with Gasteiger partial charge in [0.15, 0.2) is 0 Å². The van der Waals surface area contributed by atoms with E-state index >= 15 is 0 Å². The normalized spacial score (nSPS) is 6.10. The van der Waals surface area contributed by atoms with Crippen LogP contribution < -0.4 is 5.73 Å². The van der Waals surface area contributed by atoms with E-state index in [-0.39, 0.29) is 0 Å². The van der Waals surface area contributed by atoms with Gasteiger partial charge in [-0.25, -0.2) is 0 Å². The van der Waals surface area contributed by atoms with E-state index in [1.807, 2.05) is 6.92 Å². The lowest BCUT2D eigenvalue weighted by Gasteiger charge is -1.70. The van der Waals surface area contributed by atoms with Crippen molar-refractivity contribution < 1.29 is 0 Å². The van der Waals surface area contributed by atoms with Crippen LogP contribution in [0, 0.1) is 0 Å². The number of hydrogen-bond donors (Lipinski definition) is 1. The summed E-state index contributed by atoms with van der Waals surface area (Å²) in [6, 6.07) is 0. The monoisotopic (exact) mass is 145 g/mol. The Hall–Kier alpha value is -0.300. The van der Waals surface area contributed by atoms with E-state index in [9.17, 15) is 0 Å². The zero-order valence-corrected chi connectivity index (χ0v) is 7.98.